The van der Waals surface area contributed by atoms with Crippen molar-refractivity contribution >= 4 is 28.9 Å². The number of imide groups is 1. The molecule has 0 saturated heterocycles. The molecule has 0 aliphatic carbocycles. The van der Waals surface area contributed by atoms with Crippen LogP contribution in [0.15, 0.2) is 24.3 Å². The van der Waals surface area contributed by atoms with Crippen LogP contribution in [-0.4, -0.2) is 49.8 Å². The number of rotatable bonds is 7. The molecule has 1 atom stereocenters. The highest BCUT2D eigenvalue weighted by Crippen LogP contribution is 2.23. The molecule has 0 aliphatic rings. The van der Waals surface area contributed by atoms with Gasteiger partial charge in [0.2, 0.25) is 0 Å². The Kier molecular flexibility index (Phi) is 7.45. The number of carbonyl (C=O) groups excluding carboxylic acids is 3. The molecule has 0 aliphatic heterocycles. The Hall–Kier alpha value is -3.00. The van der Waals surface area contributed by atoms with Gasteiger partial charge in [0.25, 0.3) is 5.91 Å². The molecule has 28 heavy (non-hydrogen) atoms. The average Bonchev–Trinajstić information content (AvgIpc) is 2.67. The van der Waals surface area contributed by atoms with Gasteiger partial charge >= 0.3 is 12.1 Å². The van der Waals surface area contributed by atoms with E-state index in [2.05, 4.69) is 10.3 Å². The number of quaternary nitrogens is 1. The summed E-state index contributed by atoms with van der Waals surface area (Å²) in [4.78, 5) is 41.4. The predicted molar refractivity (Wildman–Crippen MR) is 103 cm³/mol. The summed E-state index contributed by atoms with van der Waals surface area (Å²) in [6.07, 6.45) is -0.766. The fraction of sp³-hybridized carbons (Fsp3) is 0.400. The number of esters is 1. The lowest BCUT2D eigenvalue weighted by Gasteiger charge is -2.19. The van der Waals surface area contributed by atoms with Crippen LogP contribution in [0.4, 0.5) is 4.79 Å². The number of fused-ring (bicyclic) bond motifs is 1. The van der Waals surface area contributed by atoms with Crippen molar-refractivity contribution in [2.75, 3.05) is 26.8 Å². The number of para-hydroxylation sites is 1. The Bertz CT molecular complexity index is 882. The minimum absolute atomic E-state index is 0.0451. The first-order valence-corrected chi connectivity index (χ1v) is 9.17. The molecule has 1 unspecified atom stereocenters. The number of carbonyl (C=O) groups is 3. The monoisotopic (exact) mass is 388 g/mol. The number of amides is 2. The summed E-state index contributed by atoms with van der Waals surface area (Å²) in [6, 6.07) is 7.56. The van der Waals surface area contributed by atoms with E-state index in [4.69, 9.17) is 9.47 Å². The Morgan fingerprint density at radius 1 is 1.18 bits per heavy atom. The number of alkyl carbamates (subject to hydrolysis) is 1. The Morgan fingerprint density at radius 2 is 1.89 bits per heavy atom. The summed E-state index contributed by atoms with van der Waals surface area (Å²) in [5.74, 6) is -0.912. The Labute approximate surface area is 163 Å². The third kappa shape index (κ3) is 5.04. The second-order valence-corrected chi connectivity index (χ2v) is 6.29. The highest BCUT2D eigenvalue weighted by Gasteiger charge is 2.24. The molecule has 2 amide bonds. The van der Waals surface area contributed by atoms with Crippen molar-refractivity contribution in [3.05, 3.63) is 41.1 Å². The van der Waals surface area contributed by atoms with Gasteiger partial charge in [0.15, 0.2) is 6.54 Å². The highest BCUT2D eigenvalue weighted by atomic mass is 16.5. The van der Waals surface area contributed by atoms with Crippen LogP contribution in [-0.2, 0) is 20.8 Å². The van der Waals surface area contributed by atoms with Crippen LogP contribution >= 0.6 is 0 Å². The number of aromatic nitrogens is 1. The van der Waals surface area contributed by atoms with E-state index in [0.29, 0.717) is 24.3 Å². The zero-order valence-corrected chi connectivity index (χ0v) is 16.6. The molecule has 1 aromatic carbocycles. The van der Waals surface area contributed by atoms with Gasteiger partial charge in [0.05, 0.1) is 31.3 Å². The standard InChI is InChI=1S/C20H25N3O5/c1-5-23(12-17(24)22-20(26)28-6-2)11-16-18(19(25)27-4)13(3)14-9-7-8-10-15(14)21-16/h7-10H,5-6,11-12H2,1-4H3,(H,22,24,26)/p+1. The minimum Gasteiger partial charge on any atom is -0.465 e. The molecule has 8 nitrogen and oxygen atoms in total. The zero-order valence-electron chi connectivity index (χ0n) is 16.6. The van der Waals surface area contributed by atoms with Crippen LogP contribution in [0.5, 0.6) is 0 Å². The molecular weight excluding hydrogens is 362 g/mol. The van der Waals surface area contributed by atoms with E-state index in [1.54, 1.807) is 6.92 Å². The second kappa shape index (κ2) is 9.80. The first-order valence-electron chi connectivity index (χ1n) is 9.17. The van der Waals surface area contributed by atoms with Gasteiger partial charge in [-0.05, 0) is 32.4 Å². The van der Waals surface area contributed by atoms with Gasteiger partial charge in [-0.15, -0.1) is 0 Å². The molecule has 0 radical (unpaired) electrons. The number of pyridine rings is 1. The number of methoxy groups -OCH3 is 1. The van der Waals surface area contributed by atoms with E-state index >= 15 is 0 Å². The van der Waals surface area contributed by atoms with Gasteiger partial charge in [-0.25, -0.2) is 14.6 Å². The Morgan fingerprint density at radius 3 is 2.54 bits per heavy atom. The lowest BCUT2D eigenvalue weighted by atomic mass is 10.0. The van der Waals surface area contributed by atoms with Gasteiger partial charge in [-0.1, -0.05) is 18.2 Å². The van der Waals surface area contributed by atoms with E-state index in [9.17, 15) is 14.4 Å². The number of likely N-dealkylation sites (N-methyl/N-ethyl adjacent to an activating group) is 1. The zero-order chi connectivity index (χ0) is 20.7. The number of aryl methyl sites for hydroxylation is 1. The Balaban J connectivity index is 2.30. The minimum atomic E-state index is -0.766. The van der Waals surface area contributed by atoms with Gasteiger partial charge in [0.1, 0.15) is 12.2 Å². The third-order valence-corrected chi connectivity index (χ3v) is 4.46. The largest absolute Gasteiger partial charge is 0.465 e. The molecule has 0 fully saturated rings. The molecule has 0 saturated carbocycles. The van der Waals surface area contributed by atoms with Crippen molar-refractivity contribution in [1.82, 2.24) is 10.3 Å². The summed E-state index contributed by atoms with van der Waals surface area (Å²) < 4.78 is 9.68. The summed E-state index contributed by atoms with van der Waals surface area (Å²) in [6.45, 7) is 6.61. The third-order valence-electron chi connectivity index (χ3n) is 4.46. The van der Waals surface area contributed by atoms with Crippen molar-refractivity contribution < 1.29 is 28.8 Å². The number of hydrogen-bond donors (Lipinski definition) is 2. The molecular formula is C20H26N3O5+. The topological polar surface area (TPSA) is 99.0 Å². The van der Waals surface area contributed by atoms with Crippen molar-refractivity contribution in [3.63, 3.8) is 0 Å². The molecule has 0 bridgehead atoms. The molecule has 2 aromatic rings. The van der Waals surface area contributed by atoms with Crippen molar-refractivity contribution in [3.8, 4) is 0 Å². The normalized spacial score (nSPS) is 11.7. The van der Waals surface area contributed by atoms with E-state index < -0.39 is 18.0 Å². The van der Waals surface area contributed by atoms with Crippen molar-refractivity contribution in [2.24, 2.45) is 0 Å². The SMILES string of the molecule is CCOC(=O)NC(=O)C[NH+](CC)Cc1nc2ccccc2c(C)c1C(=O)OC. The van der Waals surface area contributed by atoms with Crippen LogP contribution in [0, 0.1) is 6.92 Å². The van der Waals surface area contributed by atoms with Gasteiger partial charge in [-0.2, -0.15) is 0 Å². The van der Waals surface area contributed by atoms with Crippen molar-refractivity contribution in [2.45, 2.75) is 27.3 Å². The van der Waals surface area contributed by atoms with Gasteiger partial charge in [0, 0.05) is 5.39 Å². The average molecular weight is 388 g/mol. The molecule has 8 heteroatoms. The maximum Gasteiger partial charge on any atom is 0.414 e. The predicted octanol–water partition coefficient (Wildman–Crippen LogP) is 1.01. The van der Waals surface area contributed by atoms with Gasteiger partial charge in [-0.3, -0.25) is 10.1 Å². The van der Waals surface area contributed by atoms with Crippen LogP contribution < -0.4 is 10.2 Å². The number of nitrogens with zero attached hydrogens (tertiary/aromatic N) is 1. The van der Waals surface area contributed by atoms with E-state index in [1.807, 2.05) is 38.1 Å². The van der Waals surface area contributed by atoms with Crippen LogP contribution in [0.3, 0.4) is 0 Å². The number of ether oxygens (including phenoxy) is 2. The van der Waals surface area contributed by atoms with Crippen LogP contribution in [0.2, 0.25) is 0 Å². The van der Waals surface area contributed by atoms with E-state index in [0.717, 1.165) is 21.4 Å². The fourth-order valence-electron chi connectivity index (χ4n) is 3.04. The fourth-order valence-corrected chi connectivity index (χ4v) is 3.04. The maximum atomic E-state index is 12.4. The summed E-state index contributed by atoms with van der Waals surface area (Å²) in [5.41, 5.74) is 2.54. The first kappa shape index (κ1) is 21.3. The van der Waals surface area contributed by atoms with E-state index in [1.165, 1.54) is 7.11 Å². The van der Waals surface area contributed by atoms with Crippen LogP contribution in [0.1, 0.15) is 35.5 Å². The molecule has 2 rings (SSSR count). The van der Waals surface area contributed by atoms with E-state index in [-0.39, 0.29) is 13.2 Å². The molecule has 1 aromatic heterocycles. The van der Waals surface area contributed by atoms with Gasteiger partial charge < -0.3 is 14.4 Å². The highest BCUT2D eigenvalue weighted by molar-refractivity contribution is 5.98. The smallest absolute Gasteiger partial charge is 0.414 e. The number of nitrogens with one attached hydrogen (secondary N) is 2. The van der Waals surface area contributed by atoms with Crippen molar-refractivity contribution in [1.29, 1.82) is 0 Å². The molecule has 2 N–H and O–H groups in total. The molecule has 1 heterocycles. The maximum absolute atomic E-state index is 12.4. The first-order chi connectivity index (χ1) is 13.4. The summed E-state index contributed by atoms with van der Waals surface area (Å²) in [5, 5.41) is 3.07. The quantitative estimate of drug-likeness (QED) is 0.687. The molecule has 150 valence electrons. The lowest BCUT2D eigenvalue weighted by molar-refractivity contribution is -0.904. The number of hydrogen-bond acceptors (Lipinski definition) is 6. The number of benzene rings is 1. The summed E-state index contributed by atoms with van der Waals surface area (Å²) in [7, 11) is 1.33. The molecule has 0 spiro atoms. The summed E-state index contributed by atoms with van der Waals surface area (Å²) >= 11 is 0. The second-order valence-electron chi connectivity index (χ2n) is 6.29. The van der Waals surface area contributed by atoms with Crippen LogP contribution in [0.25, 0.3) is 10.9 Å². The lowest BCUT2D eigenvalue weighted by Crippen LogP contribution is -3.11.